The molecule has 0 saturated heterocycles. The van der Waals surface area contributed by atoms with Gasteiger partial charge in [-0.2, -0.15) is 0 Å². The highest BCUT2D eigenvalue weighted by atomic mass is 14.8. The molecule has 0 aliphatic carbocycles. The molecule has 1 aromatic carbocycles. The van der Waals surface area contributed by atoms with Gasteiger partial charge < -0.3 is 11.1 Å². The zero-order chi connectivity index (χ0) is 9.68. The molecule has 0 aromatic heterocycles. The van der Waals surface area contributed by atoms with E-state index in [1.54, 1.807) is 0 Å². The van der Waals surface area contributed by atoms with Crippen LogP contribution < -0.4 is 11.1 Å². The Kier molecular flexibility index (Phi) is 3.77. The summed E-state index contributed by atoms with van der Waals surface area (Å²) in [4.78, 5) is 0. The molecule has 13 heavy (non-hydrogen) atoms. The summed E-state index contributed by atoms with van der Waals surface area (Å²) in [5.41, 5.74) is 8.33. The SMILES string of the molecule is CCCC(N)c1ccc(NC)cc1. The van der Waals surface area contributed by atoms with Crippen molar-refractivity contribution in [2.24, 2.45) is 5.73 Å². The molecule has 2 heteroatoms. The van der Waals surface area contributed by atoms with Crippen molar-refractivity contribution in [3.63, 3.8) is 0 Å². The molecule has 0 heterocycles. The van der Waals surface area contributed by atoms with Gasteiger partial charge in [0.05, 0.1) is 0 Å². The highest BCUT2D eigenvalue weighted by molar-refractivity contribution is 5.44. The quantitative estimate of drug-likeness (QED) is 0.743. The van der Waals surface area contributed by atoms with Crippen molar-refractivity contribution in [2.45, 2.75) is 25.8 Å². The van der Waals surface area contributed by atoms with Crippen LogP contribution in [0.1, 0.15) is 31.4 Å². The van der Waals surface area contributed by atoms with Crippen LogP contribution in [0, 0.1) is 0 Å². The lowest BCUT2D eigenvalue weighted by atomic mass is 10.0. The van der Waals surface area contributed by atoms with Crippen LogP contribution in [0.2, 0.25) is 0 Å². The molecule has 3 N–H and O–H groups in total. The lowest BCUT2D eigenvalue weighted by molar-refractivity contribution is 0.638. The van der Waals surface area contributed by atoms with E-state index in [1.165, 1.54) is 5.56 Å². The summed E-state index contributed by atoms with van der Waals surface area (Å²) in [6, 6.07) is 8.49. The lowest BCUT2D eigenvalue weighted by Crippen LogP contribution is -2.09. The van der Waals surface area contributed by atoms with Gasteiger partial charge in [-0.05, 0) is 24.1 Å². The molecule has 0 amide bonds. The Bertz CT molecular complexity index is 241. The first-order valence-electron chi connectivity index (χ1n) is 4.81. The highest BCUT2D eigenvalue weighted by Crippen LogP contribution is 2.17. The third-order valence-corrected chi connectivity index (χ3v) is 2.23. The summed E-state index contributed by atoms with van der Waals surface area (Å²) in [5, 5.41) is 3.08. The van der Waals surface area contributed by atoms with Crippen molar-refractivity contribution >= 4 is 5.69 Å². The monoisotopic (exact) mass is 178 g/mol. The van der Waals surface area contributed by atoms with Crippen LogP contribution in [-0.2, 0) is 0 Å². The van der Waals surface area contributed by atoms with Gasteiger partial charge in [0.25, 0.3) is 0 Å². The zero-order valence-corrected chi connectivity index (χ0v) is 8.38. The fourth-order valence-corrected chi connectivity index (χ4v) is 1.37. The molecule has 0 radical (unpaired) electrons. The van der Waals surface area contributed by atoms with Gasteiger partial charge in [0.1, 0.15) is 0 Å². The first-order chi connectivity index (χ1) is 6.27. The molecule has 0 fully saturated rings. The summed E-state index contributed by atoms with van der Waals surface area (Å²) in [5.74, 6) is 0. The van der Waals surface area contributed by atoms with Gasteiger partial charge in [-0.15, -0.1) is 0 Å². The van der Waals surface area contributed by atoms with E-state index in [9.17, 15) is 0 Å². The van der Waals surface area contributed by atoms with Crippen molar-refractivity contribution in [3.05, 3.63) is 29.8 Å². The molecule has 0 saturated carbocycles. The molecule has 0 spiro atoms. The summed E-state index contributed by atoms with van der Waals surface area (Å²) in [6.45, 7) is 2.15. The number of anilines is 1. The molecular formula is C11H18N2. The Morgan fingerprint density at radius 2 is 1.92 bits per heavy atom. The zero-order valence-electron chi connectivity index (χ0n) is 8.38. The summed E-state index contributed by atoms with van der Waals surface area (Å²) < 4.78 is 0. The number of hydrogen-bond acceptors (Lipinski definition) is 2. The number of rotatable bonds is 4. The predicted molar refractivity (Wildman–Crippen MR) is 57.8 cm³/mol. The van der Waals surface area contributed by atoms with E-state index < -0.39 is 0 Å². The lowest BCUT2D eigenvalue weighted by Gasteiger charge is -2.11. The van der Waals surface area contributed by atoms with Crippen LogP contribution in [0.4, 0.5) is 5.69 Å². The second kappa shape index (κ2) is 4.87. The van der Waals surface area contributed by atoms with Crippen LogP contribution in [0.3, 0.4) is 0 Å². The Morgan fingerprint density at radius 3 is 2.38 bits per heavy atom. The molecule has 0 bridgehead atoms. The van der Waals surface area contributed by atoms with Gasteiger partial charge in [-0.3, -0.25) is 0 Å². The molecule has 0 aliphatic heterocycles. The maximum Gasteiger partial charge on any atom is 0.0337 e. The van der Waals surface area contributed by atoms with Crippen LogP contribution >= 0.6 is 0 Å². The topological polar surface area (TPSA) is 38.0 Å². The minimum atomic E-state index is 0.191. The van der Waals surface area contributed by atoms with E-state index >= 15 is 0 Å². The second-order valence-corrected chi connectivity index (χ2v) is 3.27. The van der Waals surface area contributed by atoms with E-state index in [-0.39, 0.29) is 6.04 Å². The molecule has 2 nitrogen and oxygen atoms in total. The fourth-order valence-electron chi connectivity index (χ4n) is 1.37. The maximum absolute atomic E-state index is 5.98. The van der Waals surface area contributed by atoms with Crippen LogP contribution in [0.25, 0.3) is 0 Å². The summed E-state index contributed by atoms with van der Waals surface area (Å²) >= 11 is 0. The number of nitrogens with one attached hydrogen (secondary N) is 1. The van der Waals surface area contributed by atoms with Gasteiger partial charge in [0.15, 0.2) is 0 Å². The number of benzene rings is 1. The first-order valence-corrected chi connectivity index (χ1v) is 4.81. The molecule has 1 aromatic rings. The standard InChI is InChI=1S/C11H18N2/c1-3-4-11(12)9-5-7-10(13-2)8-6-9/h5-8,11,13H,3-4,12H2,1-2H3. The minimum Gasteiger partial charge on any atom is -0.388 e. The van der Waals surface area contributed by atoms with Gasteiger partial charge >= 0.3 is 0 Å². The van der Waals surface area contributed by atoms with Crippen LogP contribution in [0.15, 0.2) is 24.3 Å². The van der Waals surface area contributed by atoms with E-state index in [1.807, 2.05) is 7.05 Å². The van der Waals surface area contributed by atoms with Crippen molar-refractivity contribution in [3.8, 4) is 0 Å². The third kappa shape index (κ3) is 2.74. The Hall–Kier alpha value is -1.02. The molecule has 72 valence electrons. The van der Waals surface area contributed by atoms with Gasteiger partial charge in [0.2, 0.25) is 0 Å². The van der Waals surface area contributed by atoms with E-state index in [0.717, 1.165) is 18.5 Å². The van der Waals surface area contributed by atoms with Crippen molar-refractivity contribution in [2.75, 3.05) is 12.4 Å². The molecule has 1 atom stereocenters. The Balaban J connectivity index is 2.67. The van der Waals surface area contributed by atoms with Crippen molar-refractivity contribution in [1.29, 1.82) is 0 Å². The Labute approximate surface area is 80.1 Å². The number of nitrogens with two attached hydrogens (primary N) is 1. The minimum absolute atomic E-state index is 0.191. The predicted octanol–water partition coefficient (Wildman–Crippen LogP) is 2.53. The number of hydrogen-bond donors (Lipinski definition) is 2. The average Bonchev–Trinajstić information content (AvgIpc) is 2.18. The second-order valence-electron chi connectivity index (χ2n) is 3.27. The summed E-state index contributed by atoms with van der Waals surface area (Å²) in [6.07, 6.45) is 2.19. The largest absolute Gasteiger partial charge is 0.388 e. The molecular weight excluding hydrogens is 160 g/mol. The maximum atomic E-state index is 5.98. The fraction of sp³-hybridized carbons (Fsp3) is 0.455. The van der Waals surface area contributed by atoms with Crippen molar-refractivity contribution in [1.82, 2.24) is 0 Å². The molecule has 1 unspecified atom stereocenters. The van der Waals surface area contributed by atoms with Gasteiger partial charge in [0, 0.05) is 18.8 Å². The summed E-state index contributed by atoms with van der Waals surface area (Å²) in [7, 11) is 1.92. The molecule has 0 aliphatic rings. The highest BCUT2D eigenvalue weighted by Gasteiger charge is 2.03. The average molecular weight is 178 g/mol. The first kappa shape index (κ1) is 10.1. The van der Waals surface area contributed by atoms with Crippen LogP contribution in [0.5, 0.6) is 0 Å². The third-order valence-electron chi connectivity index (χ3n) is 2.23. The Morgan fingerprint density at radius 1 is 1.31 bits per heavy atom. The smallest absolute Gasteiger partial charge is 0.0337 e. The van der Waals surface area contributed by atoms with Crippen LogP contribution in [-0.4, -0.2) is 7.05 Å². The van der Waals surface area contributed by atoms with E-state index in [2.05, 4.69) is 36.5 Å². The van der Waals surface area contributed by atoms with Gasteiger partial charge in [-0.25, -0.2) is 0 Å². The van der Waals surface area contributed by atoms with E-state index in [0.29, 0.717) is 0 Å². The van der Waals surface area contributed by atoms with Crippen molar-refractivity contribution < 1.29 is 0 Å². The molecule has 1 rings (SSSR count). The normalized spacial score (nSPS) is 12.5. The van der Waals surface area contributed by atoms with Gasteiger partial charge in [-0.1, -0.05) is 25.5 Å². The van der Waals surface area contributed by atoms with E-state index in [4.69, 9.17) is 5.73 Å².